The smallest absolute Gasteiger partial charge is 0.271 e. The number of hydrogen-bond acceptors (Lipinski definition) is 7. The van der Waals surface area contributed by atoms with Crippen LogP contribution < -0.4 is 15.0 Å². The van der Waals surface area contributed by atoms with E-state index in [0.29, 0.717) is 34.0 Å². The summed E-state index contributed by atoms with van der Waals surface area (Å²) in [4.78, 5) is 12.3. The summed E-state index contributed by atoms with van der Waals surface area (Å²) in [6.07, 6.45) is 0. The summed E-state index contributed by atoms with van der Waals surface area (Å²) >= 11 is 0. The molecule has 0 atom stereocenters. The minimum atomic E-state index is -4.12. The molecule has 0 aliphatic rings. The highest BCUT2D eigenvalue weighted by Gasteiger charge is 2.22. The van der Waals surface area contributed by atoms with Gasteiger partial charge in [0.25, 0.3) is 15.6 Å². The normalized spacial score (nSPS) is 11.4. The van der Waals surface area contributed by atoms with Gasteiger partial charge in [0.05, 0.1) is 18.5 Å². The van der Waals surface area contributed by atoms with Gasteiger partial charge in [-0.05, 0) is 68.8 Å². The van der Waals surface area contributed by atoms with Crippen molar-refractivity contribution >= 4 is 15.7 Å². The second-order valence-electron chi connectivity index (χ2n) is 7.57. The van der Waals surface area contributed by atoms with E-state index >= 15 is 0 Å². The van der Waals surface area contributed by atoms with Gasteiger partial charge in [-0.3, -0.25) is 9.52 Å². The van der Waals surface area contributed by atoms with E-state index in [2.05, 4.69) is 15.0 Å². The van der Waals surface area contributed by atoms with Gasteiger partial charge in [0.2, 0.25) is 0 Å². The van der Waals surface area contributed by atoms with E-state index in [9.17, 15) is 17.6 Å². The van der Waals surface area contributed by atoms with E-state index in [4.69, 9.17) is 9.26 Å². The maximum Gasteiger partial charge on any atom is 0.271 e. The van der Waals surface area contributed by atoms with Gasteiger partial charge in [-0.2, -0.15) is 9.78 Å². The number of aryl methyl sites for hydroxylation is 3. The summed E-state index contributed by atoms with van der Waals surface area (Å²) in [5.74, 6) is 0.0516. The number of rotatable bonds is 6. The van der Waals surface area contributed by atoms with Crippen molar-refractivity contribution in [2.45, 2.75) is 25.7 Å². The Labute approximate surface area is 194 Å². The molecular formula is C23H21FN4O5S. The molecule has 176 valence electrons. The molecule has 0 saturated heterocycles. The number of sulfonamides is 1. The standard InChI is InChI=1S/C23H21FN4O5S/c1-13-11-17(24)6-7-18(13)27-34(30,31)21-12-16(5-9-20(21)32-4)19-8-10-22(29)28(25-19)23-14(2)26-33-15(23)3/h5-12,27H,1-4H3. The molecule has 1 N–H and O–H groups in total. The molecule has 0 fully saturated rings. The largest absolute Gasteiger partial charge is 0.495 e. The third-order valence-electron chi connectivity index (χ3n) is 5.19. The summed E-state index contributed by atoms with van der Waals surface area (Å²) in [7, 11) is -2.76. The summed E-state index contributed by atoms with van der Waals surface area (Å²) in [5, 5.41) is 8.25. The molecule has 4 rings (SSSR count). The summed E-state index contributed by atoms with van der Waals surface area (Å²) in [5.41, 5.74) is 1.94. The molecule has 0 aliphatic heterocycles. The predicted molar refractivity (Wildman–Crippen MR) is 123 cm³/mol. The van der Waals surface area contributed by atoms with Crippen LogP contribution in [0.4, 0.5) is 10.1 Å². The fourth-order valence-electron chi connectivity index (χ4n) is 3.49. The van der Waals surface area contributed by atoms with Crippen molar-refractivity contribution in [2.75, 3.05) is 11.8 Å². The average Bonchev–Trinajstić information content (AvgIpc) is 3.13. The van der Waals surface area contributed by atoms with Crippen molar-refractivity contribution in [1.29, 1.82) is 0 Å². The molecule has 2 heterocycles. The second kappa shape index (κ2) is 8.75. The SMILES string of the molecule is COc1ccc(-c2ccc(=O)n(-c3c(C)noc3C)n2)cc1S(=O)(=O)Nc1ccc(F)cc1C. The molecule has 34 heavy (non-hydrogen) atoms. The minimum absolute atomic E-state index is 0.107. The molecule has 0 saturated carbocycles. The van der Waals surface area contributed by atoms with E-state index in [1.165, 1.54) is 49.6 Å². The monoisotopic (exact) mass is 484 g/mol. The van der Waals surface area contributed by atoms with Gasteiger partial charge in [-0.15, -0.1) is 0 Å². The molecule has 0 bridgehead atoms. The zero-order valence-electron chi connectivity index (χ0n) is 18.8. The fourth-order valence-corrected chi connectivity index (χ4v) is 4.82. The number of hydrogen-bond donors (Lipinski definition) is 1. The molecule has 0 unspecified atom stereocenters. The first kappa shape index (κ1) is 23.2. The van der Waals surface area contributed by atoms with Crippen LogP contribution in [0.1, 0.15) is 17.0 Å². The van der Waals surface area contributed by atoms with Crippen LogP contribution >= 0.6 is 0 Å². The number of benzene rings is 2. The topological polar surface area (TPSA) is 116 Å². The van der Waals surface area contributed by atoms with E-state index in [1.54, 1.807) is 26.8 Å². The molecule has 2 aromatic heterocycles. The van der Waals surface area contributed by atoms with Crippen molar-refractivity contribution in [3.05, 3.63) is 81.7 Å². The molecule has 4 aromatic rings. The first-order valence-corrected chi connectivity index (χ1v) is 11.6. The Morgan fingerprint density at radius 1 is 1.06 bits per heavy atom. The highest BCUT2D eigenvalue weighted by atomic mass is 32.2. The summed E-state index contributed by atoms with van der Waals surface area (Å²) in [6, 6.07) is 11.1. The zero-order chi connectivity index (χ0) is 24.6. The lowest BCUT2D eigenvalue weighted by Gasteiger charge is -2.15. The van der Waals surface area contributed by atoms with Crippen LogP contribution in [0.3, 0.4) is 0 Å². The number of aromatic nitrogens is 3. The quantitative estimate of drug-likeness (QED) is 0.443. The van der Waals surface area contributed by atoms with Crippen LogP contribution in [0.2, 0.25) is 0 Å². The lowest BCUT2D eigenvalue weighted by atomic mass is 10.1. The number of ether oxygens (including phenoxy) is 1. The Kier molecular flexibility index (Phi) is 5.96. The minimum Gasteiger partial charge on any atom is -0.495 e. The van der Waals surface area contributed by atoms with Crippen molar-refractivity contribution < 1.29 is 22.1 Å². The summed E-state index contributed by atoms with van der Waals surface area (Å²) in [6.45, 7) is 4.95. The van der Waals surface area contributed by atoms with Crippen LogP contribution in [-0.2, 0) is 10.0 Å². The first-order chi connectivity index (χ1) is 16.1. The lowest BCUT2D eigenvalue weighted by Crippen LogP contribution is -2.21. The van der Waals surface area contributed by atoms with Gasteiger partial charge >= 0.3 is 0 Å². The van der Waals surface area contributed by atoms with Crippen LogP contribution in [0.15, 0.2) is 62.7 Å². The van der Waals surface area contributed by atoms with Gasteiger partial charge in [0, 0.05) is 11.6 Å². The van der Waals surface area contributed by atoms with E-state index in [0.717, 1.165) is 4.68 Å². The van der Waals surface area contributed by atoms with E-state index in [1.807, 2.05) is 0 Å². The Morgan fingerprint density at radius 2 is 1.82 bits per heavy atom. The molecular weight excluding hydrogens is 463 g/mol. The third-order valence-corrected chi connectivity index (χ3v) is 6.58. The van der Waals surface area contributed by atoms with Gasteiger partial charge in [-0.1, -0.05) is 5.16 Å². The fraction of sp³-hybridized carbons (Fsp3) is 0.174. The molecule has 0 amide bonds. The van der Waals surface area contributed by atoms with Crippen LogP contribution in [-0.4, -0.2) is 30.5 Å². The van der Waals surface area contributed by atoms with Crippen LogP contribution in [0.25, 0.3) is 16.9 Å². The number of halogens is 1. The Bertz CT molecular complexity index is 1540. The van der Waals surface area contributed by atoms with Crippen LogP contribution in [0.5, 0.6) is 5.75 Å². The van der Waals surface area contributed by atoms with Crippen molar-refractivity contribution in [1.82, 2.24) is 14.9 Å². The van der Waals surface area contributed by atoms with E-state index < -0.39 is 21.4 Å². The lowest BCUT2D eigenvalue weighted by molar-refractivity contribution is 0.392. The number of nitrogens with zero attached hydrogens (tertiary/aromatic N) is 3. The highest BCUT2D eigenvalue weighted by Crippen LogP contribution is 2.31. The highest BCUT2D eigenvalue weighted by molar-refractivity contribution is 7.92. The first-order valence-electron chi connectivity index (χ1n) is 10.1. The third kappa shape index (κ3) is 4.29. The van der Waals surface area contributed by atoms with Crippen LogP contribution in [0, 0.1) is 26.6 Å². The molecule has 9 nitrogen and oxygen atoms in total. The van der Waals surface area contributed by atoms with Gasteiger partial charge in [0.15, 0.2) is 5.76 Å². The Hall–Kier alpha value is -3.99. The molecule has 11 heteroatoms. The molecule has 0 aliphatic carbocycles. The Morgan fingerprint density at radius 3 is 2.47 bits per heavy atom. The van der Waals surface area contributed by atoms with Crippen molar-refractivity contribution in [2.24, 2.45) is 0 Å². The zero-order valence-corrected chi connectivity index (χ0v) is 19.6. The maximum atomic E-state index is 13.4. The van der Waals surface area contributed by atoms with Gasteiger partial charge in [-0.25, -0.2) is 12.8 Å². The number of anilines is 1. The molecule has 0 spiro atoms. The molecule has 2 aromatic carbocycles. The van der Waals surface area contributed by atoms with Crippen molar-refractivity contribution in [3.63, 3.8) is 0 Å². The van der Waals surface area contributed by atoms with E-state index in [-0.39, 0.29) is 16.3 Å². The number of nitrogens with one attached hydrogen (secondary N) is 1. The Balaban J connectivity index is 1.81. The number of methoxy groups -OCH3 is 1. The second-order valence-corrected chi connectivity index (χ2v) is 9.22. The molecule has 0 radical (unpaired) electrons. The predicted octanol–water partition coefficient (Wildman–Crippen LogP) is 3.76. The maximum absolute atomic E-state index is 13.4. The van der Waals surface area contributed by atoms with Crippen molar-refractivity contribution in [3.8, 4) is 22.7 Å². The van der Waals surface area contributed by atoms with Gasteiger partial charge < -0.3 is 9.26 Å². The summed E-state index contributed by atoms with van der Waals surface area (Å²) < 4.78 is 53.9. The van der Waals surface area contributed by atoms with Gasteiger partial charge in [0.1, 0.15) is 27.8 Å². The average molecular weight is 485 g/mol.